The second-order valence-electron chi connectivity index (χ2n) is 6.36. The minimum absolute atomic E-state index is 0.0681. The van der Waals surface area contributed by atoms with Gasteiger partial charge in [0.25, 0.3) is 0 Å². The molecule has 2 aliphatic rings. The van der Waals surface area contributed by atoms with Gasteiger partial charge in [0.2, 0.25) is 10.0 Å². The lowest BCUT2D eigenvalue weighted by atomic mass is 9.79. The molecule has 1 N–H and O–H groups in total. The summed E-state index contributed by atoms with van der Waals surface area (Å²) in [6, 6.07) is 4.04. The highest BCUT2D eigenvalue weighted by Gasteiger charge is 2.52. The van der Waals surface area contributed by atoms with Crippen molar-refractivity contribution in [1.29, 1.82) is 0 Å². The van der Waals surface area contributed by atoms with Crippen LogP contribution in [0.15, 0.2) is 24.5 Å². The Kier molecular flexibility index (Phi) is 4.49. The summed E-state index contributed by atoms with van der Waals surface area (Å²) in [5, 5.41) is 0. The Bertz CT molecular complexity index is 600. The van der Waals surface area contributed by atoms with E-state index in [0.717, 1.165) is 39.1 Å². The zero-order valence-electron chi connectivity index (χ0n) is 12.9. The second kappa shape index (κ2) is 6.23. The summed E-state index contributed by atoms with van der Waals surface area (Å²) in [5.41, 5.74) is 1.15. The van der Waals surface area contributed by atoms with Crippen LogP contribution in [0.4, 0.5) is 0 Å². The first-order valence-electron chi connectivity index (χ1n) is 7.67. The van der Waals surface area contributed by atoms with Gasteiger partial charge in [-0.05, 0) is 30.4 Å². The van der Waals surface area contributed by atoms with Crippen LogP contribution in [-0.2, 0) is 21.3 Å². The van der Waals surface area contributed by atoms with Gasteiger partial charge in [0, 0.05) is 45.2 Å². The fraction of sp³-hybridized carbons (Fsp3) is 0.667. The average molecular weight is 325 g/mol. The van der Waals surface area contributed by atoms with Gasteiger partial charge in [-0.2, -0.15) is 0 Å². The molecule has 122 valence electrons. The smallest absolute Gasteiger partial charge is 0.208 e. The van der Waals surface area contributed by atoms with Crippen molar-refractivity contribution in [1.82, 2.24) is 14.6 Å². The number of ether oxygens (including phenoxy) is 1. The van der Waals surface area contributed by atoms with Gasteiger partial charge in [-0.1, -0.05) is 6.07 Å². The molecule has 2 aliphatic heterocycles. The molecule has 0 unspecified atom stereocenters. The van der Waals surface area contributed by atoms with E-state index < -0.39 is 10.0 Å². The molecule has 1 atom stereocenters. The molecule has 6 nitrogen and oxygen atoms in total. The maximum atomic E-state index is 11.1. The molecule has 0 bridgehead atoms. The van der Waals surface area contributed by atoms with Crippen molar-refractivity contribution >= 4 is 10.0 Å². The first-order chi connectivity index (χ1) is 10.5. The lowest BCUT2D eigenvalue weighted by Crippen LogP contribution is -2.64. The third-order valence-corrected chi connectivity index (χ3v) is 5.30. The van der Waals surface area contributed by atoms with Gasteiger partial charge in [0.15, 0.2) is 0 Å². The third kappa shape index (κ3) is 3.65. The predicted molar refractivity (Wildman–Crippen MR) is 83.8 cm³/mol. The molecule has 0 saturated carbocycles. The topological polar surface area (TPSA) is 71.5 Å². The van der Waals surface area contributed by atoms with E-state index in [1.165, 1.54) is 11.8 Å². The molecule has 1 aromatic heterocycles. The van der Waals surface area contributed by atoms with Gasteiger partial charge in [-0.15, -0.1) is 0 Å². The lowest BCUT2D eigenvalue weighted by molar-refractivity contribution is -0.136. The van der Waals surface area contributed by atoms with Crippen LogP contribution in [0, 0.1) is 5.92 Å². The van der Waals surface area contributed by atoms with Crippen molar-refractivity contribution in [2.45, 2.75) is 25.0 Å². The van der Waals surface area contributed by atoms with Gasteiger partial charge in [0.1, 0.15) is 0 Å². The Hall–Kier alpha value is -1.02. The molecule has 2 saturated heterocycles. The van der Waals surface area contributed by atoms with Gasteiger partial charge in [0.05, 0.1) is 11.9 Å². The van der Waals surface area contributed by atoms with Crippen LogP contribution in [0.3, 0.4) is 0 Å². The van der Waals surface area contributed by atoms with E-state index in [1.807, 2.05) is 12.3 Å². The molecule has 22 heavy (non-hydrogen) atoms. The second-order valence-corrected chi connectivity index (χ2v) is 8.19. The number of nitrogens with one attached hydrogen (secondary N) is 1. The van der Waals surface area contributed by atoms with Crippen LogP contribution < -0.4 is 4.72 Å². The van der Waals surface area contributed by atoms with Crippen LogP contribution >= 0.6 is 0 Å². The van der Waals surface area contributed by atoms with Crippen LogP contribution in [0.2, 0.25) is 0 Å². The molecule has 7 heteroatoms. The number of likely N-dealkylation sites (tertiary alicyclic amines) is 1. The molecule has 1 aromatic rings. The van der Waals surface area contributed by atoms with Crippen LogP contribution in [0.25, 0.3) is 0 Å². The fourth-order valence-corrected chi connectivity index (χ4v) is 4.02. The standard InChI is InChI=1S/C15H23N3O3S/c1-22(19,20)17-7-4-14-5-8-21-15(14)11-18(12-15)10-13-3-2-6-16-9-13/h2-3,6,9,14,17H,4-5,7-8,10-12H2,1H3/t14-/m0/s1. The number of sulfonamides is 1. The van der Waals surface area contributed by atoms with Gasteiger partial charge < -0.3 is 4.74 Å². The Morgan fingerprint density at radius 2 is 2.32 bits per heavy atom. The summed E-state index contributed by atoms with van der Waals surface area (Å²) in [6.45, 7) is 4.02. The zero-order chi connectivity index (χ0) is 15.6. The summed E-state index contributed by atoms with van der Waals surface area (Å²) in [6.07, 6.45) is 6.74. The summed E-state index contributed by atoms with van der Waals surface area (Å²) in [4.78, 5) is 6.50. The minimum atomic E-state index is -3.10. The van der Waals surface area contributed by atoms with Gasteiger partial charge in [-0.25, -0.2) is 13.1 Å². The molecule has 0 aromatic carbocycles. The monoisotopic (exact) mass is 325 g/mol. The van der Waals surface area contributed by atoms with Crippen molar-refractivity contribution in [2.24, 2.45) is 5.92 Å². The first kappa shape index (κ1) is 15.9. The fourth-order valence-electron chi connectivity index (χ4n) is 3.53. The highest BCUT2D eigenvalue weighted by Crippen LogP contribution is 2.41. The van der Waals surface area contributed by atoms with Crippen molar-refractivity contribution in [2.75, 3.05) is 32.5 Å². The summed E-state index contributed by atoms with van der Waals surface area (Å²) in [5.74, 6) is 0.437. The SMILES string of the molecule is CS(=O)(=O)NCC[C@H]1CCOC12CN(Cc1cccnc1)C2. The quantitative estimate of drug-likeness (QED) is 0.830. The van der Waals surface area contributed by atoms with E-state index in [4.69, 9.17) is 4.74 Å². The molecule has 0 aliphatic carbocycles. The maximum absolute atomic E-state index is 11.1. The van der Waals surface area contributed by atoms with E-state index in [1.54, 1.807) is 6.20 Å². The first-order valence-corrected chi connectivity index (χ1v) is 9.56. The molecule has 3 heterocycles. The number of hydrogen-bond donors (Lipinski definition) is 1. The van der Waals surface area contributed by atoms with Crippen LogP contribution in [0.5, 0.6) is 0 Å². The molecule has 3 rings (SSSR count). The normalized spacial score (nSPS) is 24.5. The summed E-state index contributed by atoms with van der Waals surface area (Å²) < 4.78 is 30.9. The molecule has 2 fully saturated rings. The number of nitrogens with zero attached hydrogens (tertiary/aromatic N) is 2. The van der Waals surface area contributed by atoms with E-state index in [0.29, 0.717) is 12.5 Å². The largest absolute Gasteiger partial charge is 0.372 e. The van der Waals surface area contributed by atoms with E-state index in [-0.39, 0.29) is 5.60 Å². The molecule has 1 spiro atoms. The molecule has 0 amide bonds. The van der Waals surface area contributed by atoms with Crippen LogP contribution in [-0.4, -0.2) is 56.4 Å². The van der Waals surface area contributed by atoms with Gasteiger partial charge in [-0.3, -0.25) is 9.88 Å². The van der Waals surface area contributed by atoms with Gasteiger partial charge >= 0.3 is 0 Å². The predicted octanol–water partition coefficient (Wildman–Crippen LogP) is 0.612. The van der Waals surface area contributed by atoms with E-state index in [2.05, 4.69) is 20.7 Å². The Balaban J connectivity index is 1.50. The average Bonchev–Trinajstić information content (AvgIpc) is 2.82. The Morgan fingerprint density at radius 1 is 1.50 bits per heavy atom. The third-order valence-electron chi connectivity index (χ3n) is 4.57. The molecule has 0 radical (unpaired) electrons. The number of pyridine rings is 1. The molecular weight excluding hydrogens is 302 g/mol. The number of rotatable bonds is 6. The van der Waals surface area contributed by atoms with Crippen LogP contribution in [0.1, 0.15) is 18.4 Å². The summed E-state index contributed by atoms with van der Waals surface area (Å²) in [7, 11) is -3.10. The Labute approximate surface area is 131 Å². The lowest BCUT2D eigenvalue weighted by Gasteiger charge is -2.50. The van der Waals surface area contributed by atoms with Crippen molar-refractivity contribution < 1.29 is 13.2 Å². The van der Waals surface area contributed by atoms with E-state index in [9.17, 15) is 8.42 Å². The molecular formula is C15H23N3O3S. The minimum Gasteiger partial charge on any atom is -0.372 e. The number of aromatic nitrogens is 1. The summed E-state index contributed by atoms with van der Waals surface area (Å²) >= 11 is 0. The number of hydrogen-bond acceptors (Lipinski definition) is 5. The Morgan fingerprint density at radius 3 is 3.00 bits per heavy atom. The van der Waals surface area contributed by atoms with Crippen molar-refractivity contribution in [3.8, 4) is 0 Å². The van der Waals surface area contributed by atoms with E-state index >= 15 is 0 Å². The maximum Gasteiger partial charge on any atom is 0.208 e. The zero-order valence-corrected chi connectivity index (χ0v) is 13.7. The van der Waals surface area contributed by atoms with Crippen molar-refractivity contribution in [3.05, 3.63) is 30.1 Å². The highest BCUT2D eigenvalue weighted by molar-refractivity contribution is 7.88. The van der Waals surface area contributed by atoms with Crippen molar-refractivity contribution in [3.63, 3.8) is 0 Å². The highest BCUT2D eigenvalue weighted by atomic mass is 32.2.